The van der Waals surface area contributed by atoms with Crippen molar-refractivity contribution in [2.75, 3.05) is 39.6 Å². The fourth-order valence-corrected chi connectivity index (χ4v) is 13.9. The van der Waals surface area contributed by atoms with Crippen LogP contribution in [0.25, 0.3) is 0 Å². The van der Waals surface area contributed by atoms with Crippen molar-refractivity contribution in [3.8, 4) is 0 Å². The fraction of sp³-hybridized carbons (Fsp3) is 0.950. The molecule has 99 heavy (non-hydrogen) atoms. The molecule has 3 N–H and O–H groups in total. The van der Waals surface area contributed by atoms with Gasteiger partial charge in [-0.25, -0.2) is 9.13 Å². The number of hydrogen-bond donors (Lipinski definition) is 3. The number of aliphatic hydroxyl groups is 1. The number of hydrogen-bond acceptors (Lipinski definition) is 15. The molecule has 0 fully saturated rings. The maximum absolute atomic E-state index is 13.1. The van der Waals surface area contributed by atoms with Gasteiger partial charge in [-0.3, -0.25) is 37.3 Å². The van der Waals surface area contributed by atoms with Gasteiger partial charge in [-0.15, -0.1) is 0 Å². The van der Waals surface area contributed by atoms with E-state index >= 15 is 0 Å². The summed E-state index contributed by atoms with van der Waals surface area (Å²) in [5.41, 5.74) is 0. The van der Waals surface area contributed by atoms with E-state index in [9.17, 15) is 43.2 Å². The molecule has 0 aromatic rings. The van der Waals surface area contributed by atoms with Crippen LogP contribution in [-0.4, -0.2) is 96.7 Å². The zero-order valence-corrected chi connectivity index (χ0v) is 66.8. The molecule has 0 radical (unpaired) electrons. The molecule has 2 unspecified atom stereocenters. The molecule has 0 saturated heterocycles. The van der Waals surface area contributed by atoms with Crippen LogP contribution in [0, 0.1) is 17.8 Å². The predicted octanol–water partition coefficient (Wildman–Crippen LogP) is 23.7. The third kappa shape index (κ3) is 74.1. The standard InChI is InChI=1S/C80H156O17P2/c1-8-9-10-11-12-13-14-15-16-17-18-19-20-21-22-25-29-32-35-40-49-56-63-79(84)96-75(67-90-77(82)61-54-47-39-34-31-28-26-23-24-27-30-33-37-44-51-58-71(2)3)69-94-98(86,87)92-65-74(81)66-93-99(88,89)95-70-76(68-91-78(83)62-55-48-43-42-46-53-60-73(6)7)97-80(85)64-57-50-41-36-38-45-52-59-72(4)5/h71-76,81H,8-70H2,1-7H3,(H,86,87)(H,88,89)/t74-,75-,76-/m1/s1. The predicted molar refractivity (Wildman–Crippen MR) is 405 cm³/mol. The van der Waals surface area contributed by atoms with Gasteiger partial charge in [0.25, 0.3) is 0 Å². The smallest absolute Gasteiger partial charge is 0.462 e. The number of carbonyl (C=O) groups is 4. The summed E-state index contributed by atoms with van der Waals surface area (Å²) < 4.78 is 68.5. The summed E-state index contributed by atoms with van der Waals surface area (Å²) in [5.74, 6) is 0.0618. The van der Waals surface area contributed by atoms with Gasteiger partial charge >= 0.3 is 39.5 Å². The third-order valence-corrected chi connectivity index (χ3v) is 20.5. The Morgan fingerprint density at radius 1 is 0.273 bits per heavy atom. The first-order valence-corrected chi connectivity index (χ1v) is 44.3. The zero-order chi connectivity index (χ0) is 73.0. The fourth-order valence-electron chi connectivity index (χ4n) is 12.3. The molecule has 0 rings (SSSR count). The van der Waals surface area contributed by atoms with Crippen molar-refractivity contribution in [1.82, 2.24) is 0 Å². The molecule has 0 aliphatic heterocycles. The highest BCUT2D eigenvalue weighted by Gasteiger charge is 2.30. The van der Waals surface area contributed by atoms with Crippen LogP contribution in [0.2, 0.25) is 0 Å². The average Bonchev–Trinajstić information content (AvgIpc) is 1.30. The first-order valence-electron chi connectivity index (χ1n) is 41.3. The molecule has 588 valence electrons. The van der Waals surface area contributed by atoms with Crippen molar-refractivity contribution in [2.24, 2.45) is 17.8 Å². The number of phosphoric acid groups is 2. The molecule has 17 nitrogen and oxygen atoms in total. The minimum Gasteiger partial charge on any atom is -0.462 e. The summed E-state index contributed by atoms with van der Waals surface area (Å²) >= 11 is 0. The molecular formula is C80H156O17P2. The SMILES string of the molecule is CCCCCCCCCCCCCCCCCCCCCCCCC(=O)O[C@H](COC(=O)CCCCCCCCCCCCCCCCCC(C)C)COP(=O)(O)OC[C@@H](O)COP(=O)(O)OC[C@@H](COC(=O)CCCCCCCCC(C)C)OC(=O)CCCCCCCCCC(C)C. The minimum absolute atomic E-state index is 0.102. The van der Waals surface area contributed by atoms with Crippen molar-refractivity contribution in [3.63, 3.8) is 0 Å². The largest absolute Gasteiger partial charge is 0.472 e. The Morgan fingerprint density at radius 3 is 0.687 bits per heavy atom. The zero-order valence-electron chi connectivity index (χ0n) is 65.0. The molecule has 0 spiro atoms. The van der Waals surface area contributed by atoms with Gasteiger partial charge in [-0.1, -0.05) is 363 Å². The maximum atomic E-state index is 13.1. The lowest BCUT2D eigenvalue weighted by Gasteiger charge is -2.21. The molecule has 0 aliphatic rings. The Kier molecular flexibility index (Phi) is 69.0. The van der Waals surface area contributed by atoms with Gasteiger partial charge in [0, 0.05) is 25.7 Å². The summed E-state index contributed by atoms with van der Waals surface area (Å²) in [6, 6.07) is 0. The molecule has 0 amide bonds. The normalized spacial score (nSPS) is 14.0. The molecule has 0 aliphatic carbocycles. The first-order chi connectivity index (χ1) is 47.7. The quantitative estimate of drug-likeness (QED) is 0.0222. The topological polar surface area (TPSA) is 237 Å². The number of aliphatic hydroxyl groups excluding tert-OH is 1. The summed E-state index contributed by atoms with van der Waals surface area (Å²) in [7, 11) is -9.91. The van der Waals surface area contributed by atoms with Crippen molar-refractivity contribution in [3.05, 3.63) is 0 Å². The van der Waals surface area contributed by atoms with Crippen LogP contribution in [0.4, 0.5) is 0 Å². The molecule has 19 heteroatoms. The number of esters is 4. The number of ether oxygens (including phenoxy) is 4. The van der Waals surface area contributed by atoms with Gasteiger partial charge in [0.2, 0.25) is 0 Å². The van der Waals surface area contributed by atoms with Crippen molar-refractivity contribution >= 4 is 39.5 Å². The van der Waals surface area contributed by atoms with Gasteiger partial charge in [0.05, 0.1) is 26.4 Å². The summed E-state index contributed by atoms with van der Waals surface area (Å²) in [6.45, 7) is 11.8. The molecule has 0 saturated carbocycles. The van der Waals surface area contributed by atoms with Crippen molar-refractivity contribution < 1.29 is 80.2 Å². The van der Waals surface area contributed by atoms with Crippen LogP contribution in [-0.2, 0) is 65.4 Å². The Hall–Kier alpha value is -1.94. The molecule has 0 aromatic carbocycles. The van der Waals surface area contributed by atoms with E-state index in [0.717, 1.165) is 102 Å². The number of unbranched alkanes of at least 4 members (excludes halogenated alkanes) is 46. The summed E-state index contributed by atoms with van der Waals surface area (Å²) in [6.07, 6.45) is 58.8. The van der Waals surface area contributed by atoms with Crippen molar-refractivity contribution in [1.29, 1.82) is 0 Å². The Labute approximate surface area is 607 Å². The molecule has 5 atom stereocenters. The number of phosphoric ester groups is 2. The van der Waals surface area contributed by atoms with E-state index in [1.54, 1.807) is 0 Å². The molecule has 0 bridgehead atoms. The van der Waals surface area contributed by atoms with E-state index in [1.807, 2.05) is 0 Å². The molecular weight excluding hydrogens is 1290 g/mol. The van der Waals surface area contributed by atoms with E-state index in [0.29, 0.717) is 37.5 Å². The Balaban J connectivity index is 5.17. The van der Waals surface area contributed by atoms with E-state index in [1.165, 1.54) is 218 Å². The number of carbonyl (C=O) groups excluding carboxylic acids is 4. The van der Waals surface area contributed by atoms with Gasteiger partial charge < -0.3 is 33.8 Å². The second kappa shape index (κ2) is 70.4. The lowest BCUT2D eigenvalue weighted by Crippen LogP contribution is -2.30. The maximum Gasteiger partial charge on any atom is 0.472 e. The second-order valence-corrected chi connectivity index (χ2v) is 33.1. The highest BCUT2D eigenvalue weighted by atomic mass is 31.2. The van der Waals surface area contributed by atoms with E-state index in [4.69, 9.17) is 37.0 Å². The first kappa shape index (κ1) is 97.1. The van der Waals surface area contributed by atoms with E-state index in [-0.39, 0.29) is 25.7 Å². The van der Waals surface area contributed by atoms with Crippen LogP contribution < -0.4 is 0 Å². The highest BCUT2D eigenvalue weighted by molar-refractivity contribution is 7.47. The van der Waals surface area contributed by atoms with Gasteiger partial charge in [-0.05, 0) is 43.4 Å². The van der Waals surface area contributed by atoms with Crippen LogP contribution in [0.1, 0.15) is 414 Å². The Morgan fingerprint density at radius 2 is 0.465 bits per heavy atom. The van der Waals surface area contributed by atoms with Crippen LogP contribution in [0.3, 0.4) is 0 Å². The lowest BCUT2D eigenvalue weighted by atomic mass is 10.0. The minimum atomic E-state index is -4.96. The lowest BCUT2D eigenvalue weighted by molar-refractivity contribution is -0.161. The third-order valence-electron chi connectivity index (χ3n) is 18.6. The van der Waals surface area contributed by atoms with Crippen LogP contribution in [0.15, 0.2) is 0 Å². The van der Waals surface area contributed by atoms with E-state index < -0.39 is 97.5 Å². The van der Waals surface area contributed by atoms with Crippen molar-refractivity contribution in [2.45, 2.75) is 433 Å². The summed E-state index contributed by atoms with van der Waals surface area (Å²) in [5, 5.41) is 10.6. The van der Waals surface area contributed by atoms with Crippen LogP contribution in [0.5, 0.6) is 0 Å². The molecule has 0 heterocycles. The number of rotatable bonds is 78. The highest BCUT2D eigenvalue weighted by Crippen LogP contribution is 2.45. The summed E-state index contributed by atoms with van der Waals surface area (Å²) in [4.78, 5) is 72.8. The Bertz CT molecular complexity index is 1920. The molecule has 0 aromatic heterocycles. The van der Waals surface area contributed by atoms with Gasteiger partial charge in [-0.2, -0.15) is 0 Å². The van der Waals surface area contributed by atoms with Crippen LogP contribution >= 0.6 is 15.6 Å². The second-order valence-electron chi connectivity index (χ2n) is 30.2. The van der Waals surface area contributed by atoms with E-state index in [2.05, 4.69) is 48.5 Å². The van der Waals surface area contributed by atoms with Gasteiger partial charge in [0.1, 0.15) is 19.3 Å². The van der Waals surface area contributed by atoms with Gasteiger partial charge in [0.15, 0.2) is 12.2 Å². The average molecular weight is 1450 g/mol. The monoisotopic (exact) mass is 1450 g/mol.